The second-order valence-electron chi connectivity index (χ2n) is 4.33. The molecule has 0 heterocycles. The summed E-state index contributed by atoms with van der Waals surface area (Å²) in [6.07, 6.45) is -4.49. The summed E-state index contributed by atoms with van der Waals surface area (Å²) in [6, 6.07) is 10.7. The van der Waals surface area contributed by atoms with E-state index in [-0.39, 0.29) is 11.6 Å². The molecule has 0 spiro atoms. The first-order chi connectivity index (χ1) is 9.41. The van der Waals surface area contributed by atoms with E-state index < -0.39 is 11.7 Å². The van der Waals surface area contributed by atoms with Crippen molar-refractivity contribution in [3.63, 3.8) is 0 Å². The fourth-order valence-corrected chi connectivity index (χ4v) is 1.93. The third-order valence-corrected chi connectivity index (χ3v) is 3.13. The highest BCUT2D eigenvalue weighted by molar-refractivity contribution is 6.17. The number of halogens is 4. The number of benzene rings is 2. The van der Waals surface area contributed by atoms with Crippen molar-refractivity contribution in [2.45, 2.75) is 19.0 Å². The summed E-state index contributed by atoms with van der Waals surface area (Å²) in [5, 5.41) is 0. The normalized spacial score (nSPS) is 11.4. The van der Waals surface area contributed by atoms with Crippen molar-refractivity contribution >= 4 is 11.6 Å². The minimum atomic E-state index is -4.49. The van der Waals surface area contributed by atoms with E-state index >= 15 is 0 Å². The van der Waals surface area contributed by atoms with Gasteiger partial charge in [-0.1, -0.05) is 24.3 Å². The highest BCUT2D eigenvalue weighted by Gasteiger charge is 2.34. The molecule has 2 aromatic carbocycles. The largest absolute Gasteiger partial charge is 0.456 e. The van der Waals surface area contributed by atoms with Crippen molar-refractivity contribution in [1.29, 1.82) is 0 Å². The first-order valence-electron chi connectivity index (χ1n) is 5.91. The number of aryl methyl sites for hydroxylation is 1. The minimum Gasteiger partial charge on any atom is -0.456 e. The Hall–Kier alpha value is -1.68. The first kappa shape index (κ1) is 14.7. The van der Waals surface area contributed by atoms with Gasteiger partial charge in [0.2, 0.25) is 0 Å². The Morgan fingerprint density at radius 2 is 1.75 bits per heavy atom. The Bertz CT molecular complexity index is 608. The third kappa shape index (κ3) is 3.25. The molecule has 0 aromatic heterocycles. The predicted molar refractivity (Wildman–Crippen MR) is 72.3 cm³/mol. The molecule has 0 aliphatic carbocycles. The van der Waals surface area contributed by atoms with Crippen molar-refractivity contribution in [2.24, 2.45) is 0 Å². The fraction of sp³-hybridized carbons (Fsp3) is 0.200. The summed E-state index contributed by atoms with van der Waals surface area (Å²) in [5.74, 6) is 0.200. The van der Waals surface area contributed by atoms with Crippen LogP contribution >= 0.6 is 11.6 Å². The monoisotopic (exact) mass is 300 g/mol. The minimum absolute atomic E-state index is 0.0216. The molecule has 0 saturated heterocycles. The van der Waals surface area contributed by atoms with Gasteiger partial charge in [0, 0.05) is 5.88 Å². The van der Waals surface area contributed by atoms with Crippen LogP contribution in [-0.2, 0) is 12.1 Å². The van der Waals surface area contributed by atoms with Gasteiger partial charge in [-0.2, -0.15) is 13.2 Å². The van der Waals surface area contributed by atoms with Gasteiger partial charge in [-0.25, -0.2) is 0 Å². The summed E-state index contributed by atoms with van der Waals surface area (Å²) in [6.45, 7) is 1.77. The van der Waals surface area contributed by atoms with Crippen LogP contribution in [0.5, 0.6) is 11.5 Å². The molecule has 0 amide bonds. The average molecular weight is 301 g/mol. The lowest BCUT2D eigenvalue weighted by molar-refractivity contribution is -0.138. The molecule has 0 saturated carbocycles. The standard InChI is InChI=1S/C15H12ClF3O/c1-10-4-2-3-5-13(10)20-14-7-6-11(9-16)8-12(14)15(17,18)19/h2-8H,9H2,1H3. The van der Waals surface area contributed by atoms with Crippen LogP contribution in [0.4, 0.5) is 13.2 Å². The number of ether oxygens (including phenoxy) is 1. The SMILES string of the molecule is Cc1ccccc1Oc1ccc(CCl)cc1C(F)(F)F. The summed E-state index contributed by atoms with van der Waals surface area (Å²) in [7, 11) is 0. The summed E-state index contributed by atoms with van der Waals surface area (Å²) in [4.78, 5) is 0. The maximum Gasteiger partial charge on any atom is 0.419 e. The zero-order valence-electron chi connectivity index (χ0n) is 10.7. The number of rotatable bonds is 3. The smallest absolute Gasteiger partial charge is 0.419 e. The quantitative estimate of drug-likeness (QED) is 0.676. The molecule has 0 aliphatic rings. The van der Waals surface area contributed by atoms with E-state index in [2.05, 4.69) is 0 Å². The Balaban J connectivity index is 2.44. The second-order valence-corrected chi connectivity index (χ2v) is 4.60. The molecule has 0 fully saturated rings. The molecule has 106 valence electrons. The van der Waals surface area contributed by atoms with E-state index in [4.69, 9.17) is 16.3 Å². The van der Waals surface area contributed by atoms with E-state index in [1.165, 1.54) is 12.1 Å². The maximum absolute atomic E-state index is 13.0. The van der Waals surface area contributed by atoms with Gasteiger partial charge >= 0.3 is 6.18 Å². The second kappa shape index (κ2) is 5.75. The van der Waals surface area contributed by atoms with E-state index in [1.54, 1.807) is 31.2 Å². The van der Waals surface area contributed by atoms with Crippen LogP contribution in [-0.4, -0.2) is 0 Å². The lowest BCUT2D eigenvalue weighted by atomic mass is 10.1. The van der Waals surface area contributed by atoms with Crippen molar-refractivity contribution in [3.05, 3.63) is 59.2 Å². The van der Waals surface area contributed by atoms with Gasteiger partial charge < -0.3 is 4.74 Å². The van der Waals surface area contributed by atoms with Crippen molar-refractivity contribution in [2.75, 3.05) is 0 Å². The van der Waals surface area contributed by atoms with E-state index in [1.807, 2.05) is 0 Å². The van der Waals surface area contributed by atoms with Crippen molar-refractivity contribution < 1.29 is 17.9 Å². The third-order valence-electron chi connectivity index (χ3n) is 2.82. The van der Waals surface area contributed by atoms with Gasteiger partial charge in [0.1, 0.15) is 11.5 Å². The van der Waals surface area contributed by atoms with Crippen molar-refractivity contribution in [3.8, 4) is 11.5 Å². The van der Waals surface area contributed by atoms with Gasteiger partial charge in [-0.3, -0.25) is 0 Å². The predicted octanol–water partition coefficient (Wildman–Crippen LogP) is 5.54. The van der Waals surface area contributed by atoms with E-state index in [0.29, 0.717) is 11.3 Å². The van der Waals surface area contributed by atoms with Crippen LogP contribution in [0, 0.1) is 6.92 Å². The number of hydrogen-bond donors (Lipinski definition) is 0. The number of hydrogen-bond acceptors (Lipinski definition) is 1. The molecule has 5 heteroatoms. The molecule has 20 heavy (non-hydrogen) atoms. The Morgan fingerprint density at radius 3 is 2.35 bits per heavy atom. The van der Waals surface area contributed by atoms with E-state index in [0.717, 1.165) is 11.6 Å². The topological polar surface area (TPSA) is 9.23 Å². The van der Waals surface area contributed by atoms with Crippen LogP contribution in [0.25, 0.3) is 0 Å². The molecule has 0 unspecified atom stereocenters. The van der Waals surface area contributed by atoms with Crippen LogP contribution in [0.2, 0.25) is 0 Å². The molecule has 2 aromatic rings. The van der Waals surface area contributed by atoms with Crippen LogP contribution in [0.3, 0.4) is 0 Å². The summed E-state index contributed by atoms with van der Waals surface area (Å²) >= 11 is 5.58. The van der Waals surface area contributed by atoms with Crippen molar-refractivity contribution in [1.82, 2.24) is 0 Å². The summed E-state index contributed by atoms with van der Waals surface area (Å²) < 4.78 is 44.5. The van der Waals surface area contributed by atoms with Gasteiger partial charge in [-0.15, -0.1) is 11.6 Å². The lowest BCUT2D eigenvalue weighted by Crippen LogP contribution is -2.08. The lowest BCUT2D eigenvalue weighted by Gasteiger charge is -2.15. The number of para-hydroxylation sites is 1. The first-order valence-corrected chi connectivity index (χ1v) is 6.45. The highest BCUT2D eigenvalue weighted by atomic mass is 35.5. The van der Waals surface area contributed by atoms with E-state index in [9.17, 15) is 13.2 Å². The Kier molecular flexibility index (Phi) is 4.23. The van der Waals surface area contributed by atoms with Crippen LogP contribution in [0.1, 0.15) is 16.7 Å². The zero-order valence-corrected chi connectivity index (χ0v) is 11.4. The Labute approximate surface area is 119 Å². The molecule has 0 N–H and O–H groups in total. The summed E-state index contributed by atoms with van der Waals surface area (Å²) in [5.41, 5.74) is 0.345. The van der Waals surface area contributed by atoms with Crippen LogP contribution < -0.4 is 4.74 Å². The fourth-order valence-electron chi connectivity index (χ4n) is 1.76. The molecule has 0 atom stereocenters. The zero-order chi connectivity index (χ0) is 14.8. The average Bonchev–Trinajstić information content (AvgIpc) is 2.40. The number of alkyl halides is 4. The molecular formula is C15H12ClF3O. The van der Waals surface area contributed by atoms with Gasteiger partial charge in [-0.05, 0) is 36.2 Å². The maximum atomic E-state index is 13.0. The molecule has 1 nitrogen and oxygen atoms in total. The highest BCUT2D eigenvalue weighted by Crippen LogP contribution is 2.39. The molecular weight excluding hydrogens is 289 g/mol. The van der Waals surface area contributed by atoms with Crippen LogP contribution in [0.15, 0.2) is 42.5 Å². The molecule has 2 rings (SSSR count). The van der Waals surface area contributed by atoms with Gasteiger partial charge in [0.05, 0.1) is 5.56 Å². The molecule has 0 bridgehead atoms. The molecule has 0 aliphatic heterocycles. The Morgan fingerprint density at radius 1 is 1.05 bits per heavy atom. The van der Waals surface area contributed by atoms with Gasteiger partial charge in [0.25, 0.3) is 0 Å². The van der Waals surface area contributed by atoms with Gasteiger partial charge in [0.15, 0.2) is 0 Å². The molecule has 0 radical (unpaired) electrons.